The van der Waals surface area contributed by atoms with Crippen molar-refractivity contribution in [3.63, 3.8) is 0 Å². The SMILES string of the molecule is NCC(NCC(F)(F)F)c1ccc2ccccc2c1. The van der Waals surface area contributed by atoms with Crippen LogP contribution >= 0.6 is 0 Å². The zero-order valence-electron chi connectivity index (χ0n) is 10.2. The average molecular weight is 268 g/mol. The van der Waals surface area contributed by atoms with Gasteiger partial charge in [-0.2, -0.15) is 13.2 Å². The first-order valence-corrected chi connectivity index (χ1v) is 5.98. The summed E-state index contributed by atoms with van der Waals surface area (Å²) < 4.78 is 36.7. The molecule has 3 N–H and O–H groups in total. The van der Waals surface area contributed by atoms with Crippen LogP contribution in [0.5, 0.6) is 0 Å². The van der Waals surface area contributed by atoms with Crippen LogP contribution in [0.3, 0.4) is 0 Å². The lowest BCUT2D eigenvalue weighted by atomic mass is 10.0. The van der Waals surface area contributed by atoms with E-state index in [9.17, 15) is 13.2 Å². The molecule has 0 fully saturated rings. The summed E-state index contributed by atoms with van der Waals surface area (Å²) in [5.74, 6) is 0. The van der Waals surface area contributed by atoms with E-state index in [1.165, 1.54) is 0 Å². The maximum absolute atomic E-state index is 12.2. The molecule has 2 aromatic carbocycles. The molecule has 1 atom stereocenters. The van der Waals surface area contributed by atoms with E-state index in [4.69, 9.17) is 5.73 Å². The molecule has 0 saturated carbocycles. The molecule has 0 amide bonds. The molecule has 0 aliphatic heterocycles. The number of fused-ring (bicyclic) bond motifs is 1. The molecule has 2 nitrogen and oxygen atoms in total. The third-order valence-electron chi connectivity index (χ3n) is 2.96. The van der Waals surface area contributed by atoms with Gasteiger partial charge in [-0.05, 0) is 22.4 Å². The Labute approximate surface area is 109 Å². The van der Waals surface area contributed by atoms with Gasteiger partial charge in [0, 0.05) is 12.6 Å². The lowest BCUT2D eigenvalue weighted by Crippen LogP contribution is -2.35. The molecule has 0 aliphatic rings. The first-order chi connectivity index (χ1) is 8.99. The lowest BCUT2D eigenvalue weighted by molar-refractivity contribution is -0.126. The van der Waals surface area contributed by atoms with Gasteiger partial charge in [-0.25, -0.2) is 0 Å². The molecule has 0 bridgehead atoms. The van der Waals surface area contributed by atoms with Gasteiger partial charge in [0.25, 0.3) is 0 Å². The zero-order chi connectivity index (χ0) is 13.9. The van der Waals surface area contributed by atoms with Crippen LogP contribution in [0.2, 0.25) is 0 Å². The predicted octanol–water partition coefficient (Wildman–Crippen LogP) is 2.99. The quantitative estimate of drug-likeness (QED) is 0.894. The van der Waals surface area contributed by atoms with Crippen LogP contribution in [0.25, 0.3) is 10.8 Å². The number of hydrogen-bond acceptors (Lipinski definition) is 2. The van der Waals surface area contributed by atoms with E-state index < -0.39 is 18.8 Å². The fourth-order valence-electron chi connectivity index (χ4n) is 2.00. The van der Waals surface area contributed by atoms with Crippen molar-refractivity contribution in [3.05, 3.63) is 48.0 Å². The summed E-state index contributed by atoms with van der Waals surface area (Å²) in [5, 5.41) is 4.49. The van der Waals surface area contributed by atoms with Gasteiger partial charge >= 0.3 is 6.18 Å². The van der Waals surface area contributed by atoms with Crippen molar-refractivity contribution in [1.29, 1.82) is 0 Å². The third kappa shape index (κ3) is 3.68. The summed E-state index contributed by atoms with van der Waals surface area (Å²) >= 11 is 0. The van der Waals surface area contributed by atoms with Crippen LogP contribution in [0.4, 0.5) is 13.2 Å². The molecule has 2 rings (SSSR count). The number of alkyl halides is 3. The molecule has 2 aromatic rings. The fourth-order valence-corrected chi connectivity index (χ4v) is 2.00. The van der Waals surface area contributed by atoms with Gasteiger partial charge < -0.3 is 11.1 Å². The Morgan fingerprint density at radius 2 is 1.74 bits per heavy atom. The molecule has 0 saturated heterocycles. The molecular weight excluding hydrogens is 253 g/mol. The summed E-state index contributed by atoms with van der Waals surface area (Å²) in [6, 6.07) is 12.8. The van der Waals surface area contributed by atoms with Gasteiger partial charge in [0.05, 0.1) is 6.54 Å². The van der Waals surface area contributed by atoms with Crippen molar-refractivity contribution in [2.24, 2.45) is 5.73 Å². The van der Waals surface area contributed by atoms with Crippen molar-refractivity contribution in [3.8, 4) is 0 Å². The molecule has 19 heavy (non-hydrogen) atoms. The number of nitrogens with one attached hydrogen (secondary N) is 1. The highest BCUT2D eigenvalue weighted by molar-refractivity contribution is 5.83. The molecule has 102 valence electrons. The number of halogens is 3. The Morgan fingerprint density at radius 1 is 1.05 bits per heavy atom. The van der Waals surface area contributed by atoms with Crippen molar-refractivity contribution in [2.75, 3.05) is 13.1 Å². The van der Waals surface area contributed by atoms with Crippen LogP contribution in [-0.4, -0.2) is 19.3 Å². The van der Waals surface area contributed by atoms with E-state index in [0.29, 0.717) is 0 Å². The highest BCUT2D eigenvalue weighted by atomic mass is 19.4. The normalized spacial score (nSPS) is 13.7. The van der Waals surface area contributed by atoms with Crippen molar-refractivity contribution < 1.29 is 13.2 Å². The summed E-state index contributed by atoms with van der Waals surface area (Å²) in [5.41, 5.74) is 6.32. The van der Waals surface area contributed by atoms with E-state index in [2.05, 4.69) is 5.32 Å². The Balaban J connectivity index is 2.20. The second kappa shape index (κ2) is 5.59. The van der Waals surface area contributed by atoms with Gasteiger partial charge in [-0.1, -0.05) is 36.4 Å². The summed E-state index contributed by atoms with van der Waals surface area (Å²) in [6.07, 6.45) is -4.23. The Hall–Kier alpha value is -1.59. The maximum Gasteiger partial charge on any atom is 0.401 e. The Morgan fingerprint density at radius 3 is 2.37 bits per heavy atom. The molecule has 1 unspecified atom stereocenters. The van der Waals surface area contributed by atoms with Crippen LogP contribution < -0.4 is 11.1 Å². The van der Waals surface area contributed by atoms with Crippen molar-refractivity contribution in [2.45, 2.75) is 12.2 Å². The minimum absolute atomic E-state index is 0.119. The number of nitrogens with two attached hydrogens (primary N) is 1. The Bertz CT molecular complexity index is 552. The molecule has 5 heteroatoms. The van der Waals surface area contributed by atoms with Gasteiger partial charge in [0.1, 0.15) is 0 Å². The molecule has 0 radical (unpaired) electrons. The minimum Gasteiger partial charge on any atom is -0.329 e. The third-order valence-corrected chi connectivity index (χ3v) is 2.96. The fraction of sp³-hybridized carbons (Fsp3) is 0.286. The topological polar surface area (TPSA) is 38.0 Å². The van der Waals surface area contributed by atoms with Gasteiger partial charge in [-0.3, -0.25) is 0 Å². The van der Waals surface area contributed by atoms with Gasteiger partial charge in [0.2, 0.25) is 0 Å². The highest BCUT2D eigenvalue weighted by Gasteiger charge is 2.28. The molecule has 0 spiro atoms. The van der Waals surface area contributed by atoms with E-state index in [0.717, 1.165) is 16.3 Å². The smallest absolute Gasteiger partial charge is 0.329 e. The van der Waals surface area contributed by atoms with Crippen LogP contribution in [0.15, 0.2) is 42.5 Å². The highest BCUT2D eigenvalue weighted by Crippen LogP contribution is 2.21. The standard InChI is InChI=1S/C14H15F3N2/c15-14(16,17)9-19-13(8-18)12-6-5-10-3-1-2-4-11(10)7-12/h1-7,13,19H,8-9,18H2. The van der Waals surface area contributed by atoms with E-state index in [-0.39, 0.29) is 6.54 Å². The lowest BCUT2D eigenvalue weighted by Gasteiger charge is -2.19. The van der Waals surface area contributed by atoms with Crippen LogP contribution in [-0.2, 0) is 0 Å². The number of benzene rings is 2. The minimum atomic E-state index is -4.23. The van der Waals surface area contributed by atoms with Crippen LogP contribution in [0.1, 0.15) is 11.6 Å². The first-order valence-electron chi connectivity index (χ1n) is 5.98. The van der Waals surface area contributed by atoms with E-state index in [1.54, 1.807) is 0 Å². The average Bonchev–Trinajstić information content (AvgIpc) is 2.38. The Kier molecular flexibility index (Phi) is 4.07. The predicted molar refractivity (Wildman–Crippen MR) is 69.8 cm³/mol. The first kappa shape index (κ1) is 13.8. The van der Waals surface area contributed by atoms with Gasteiger partial charge in [-0.15, -0.1) is 0 Å². The van der Waals surface area contributed by atoms with E-state index in [1.807, 2.05) is 42.5 Å². The largest absolute Gasteiger partial charge is 0.401 e. The van der Waals surface area contributed by atoms with Crippen molar-refractivity contribution in [1.82, 2.24) is 5.32 Å². The maximum atomic E-state index is 12.2. The summed E-state index contributed by atoms with van der Waals surface area (Å²) in [4.78, 5) is 0. The number of hydrogen-bond donors (Lipinski definition) is 2. The summed E-state index contributed by atoms with van der Waals surface area (Å²) in [7, 11) is 0. The zero-order valence-corrected chi connectivity index (χ0v) is 10.2. The second-order valence-electron chi connectivity index (χ2n) is 4.39. The molecular formula is C14H15F3N2. The van der Waals surface area contributed by atoms with E-state index >= 15 is 0 Å². The monoisotopic (exact) mass is 268 g/mol. The number of rotatable bonds is 4. The summed E-state index contributed by atoms with van der Waals surface area (Å²) in [6.45, 7) is -0.921. The molecule has 0 aromatic heterocycles. The second-order valence-corrected chi connectivity index (χ2v) is 4.39. The molecule has 0 aliphatic carbocycles. The van der Waals surface area contributed by atoms with Gasteiger partial charge in [0.15, 0.2) is 0 Å². The van der Waals surface area contributed by atoms with Crippen molar-refractivity contribution >= 4 is 10.8 Å². The molecule has 0 heterocycles. The van der Waals surface area contributed by atoms with Crippen LogP contribution in [0, 0.1) is 0 Å².